The highest BCUT2D eigenvalue weighted by molar-refractivity contribution is 7.15. The fraction of sp³-hybridized carbons (Fsp3) is 0.188. The third kappa shape index (κ3) is 3.56. The Bertz CT molecular complexity index is 1100. The Morgan fingerprint density at radius 2 is 1.92 bits per heavy atom. The minimum Gasteiger partial charge on any atom is -0.427 e. The summed E-state index contributed by atoms with van der Waals surface area (Å²) in [6.07, 6.45) is 1.58. The van der Waals surface area contributed by atoms with Crippen LogP contribution < -0.4 is 19.6 Å². The van der Waals surface area contributed by atoms with Crippen molar-refractivity contribution in [3.63, 3.8) is 0 Å². The first-order valence-electron chi connectivity index (χ1n) is 7.22. The quantitative estimate of drug-likeness (QED) is 0.505. The van der Waals surface area contributed by atoms with Gasteiger partial charge in [0.25, 0.3) is 5.56 Å². The van der Waals surface area contributed by atoms with Crippen molar-refractivity contribution < 1.29 is 19.1 Å². The fourth-order valence-corrected chi connectivity index (χ4v) is 3.12. The van der Waals surface area contributed by atoms with Crippen LogP contribution in [0.15, 0.2) is 23.0 Å². The van der Waals surface area contributed by atoms with Crippen LogP contribution in [-0.4, -0.2) is 26.5 Å². The summed E-state index contributed by atoms with van der Waals surface area (Å²) in [5.41, 5.74) is 0.183. The monoisotopic (exact) mass is 359 g/mol. The Kier molecular flexibility index (Phi) is 4.32. The molecule has 0 atom stereocenters. The zero-order chi connectivity index (χ0) is 18.1. The maximum absolute atomic E-state index is 12.4. The van der Waals surface area contributed by atoms with Crippen molar-refractivity contribution in [1.29, 1.82) is 0 Å². The molecule has 0 amide bonds. The lowest BCUT2D eigenvalue weighted by Gasteiger charge is -2.08. The minimum absolute atomic E-state index is 0.181. The predicted molar refractivity (Wildman–Crippen MR) is 89.7 cm³/mol. The van der Waals surface area contributed by atoms with Gasteiger partial charge >= 0.3 is 11.9 Å². The highest BCUT2D eigenvalue weighted by Crippen LogP contribution is 2.26. The number of fused-ring (bicyclic) bond motifs is 1. The molecule has 128 valence electrons. The second kappa shape index (κ2) is 6.44. The van der Waals surface area contributed by atoms with Crippen LogP contribution in [0.2, 0.25) is 0 Å². The summed E-state index contributed by atoms with van der Waals surface area (Å²) in [5.74, 6) is -0.0906. The van der Waals surface area contributed by atoms with Crippen LogP contribution in [0.25, 0.3) is 11.0 Å². The fourth-order valence-electron chi connectivity index (χ4n) is 2.18. The highest BCUT2D eigenvalue weighted by Gasteiger charge is 2.11. The molecule has 2 aromatic heterocycles. The van der Waals surface area contributed by atoms with Gasteiger partial charge in [-0.1, -0.05) is 11.3 Å². The smallest absolute Gasteiger partial charge is 0.308 e. The number of hydrogen-bond acceptors (Lipinski definition) is 8. The van der Waals surface area contributed by atoms with Crippen LogP contribution in [0, 0.1) is 6.92 Å². The van der Waals surface area contributed by atoms with Crippen LogP contribution in [0.4, 0.5) is 0 Å². The van der Waals surface area contributed by atoms with Crippen molar-refractivity contribution in [2.24, 2.45) is 0 Å². The molecule has 0 unspecified atom stereocenters. The number of carbonyl (C=O) groups excluding carboxylic acids is 2. The van der Waals surface area contributed by atoms with Gasteiger partial charge in [0.15, 0.2) is 0 Å². The molecule has 0 aliphatic rings. The van der Waals surface area contributed by atoms with E-state index in [1.165, 1.54) is 35.8 Å². The van der Waals surface area contributed by atoms with Crippen molar-refractivity contribution in [3.05, 3.63) is 44.5 Å². The van der Waals surface area contributed by atoms with Gasteiger partial charge in [0.2, 0.25) is 4.96 Å². The van der Waals surface area contributed by atoms with Crippen LogP contribution in [-0.2, 0) is 9.59 Å². The largest absolute Gasteiger partial charge is 0.427 e. The van der Waals surface area contributed by atoms with Crippen molar-refractivity contribution in [1.82, 2.24) is 14.6 Å². The lowest BCUT2D eigenvalue weighted by molar-refractivity contribution is -0.132. The molecule has 3 aromatic rings. The summed E-state index contributed by atoms with van der Waals surface area (Å²) in [4.78, 5) is 39.4. The molecule has 0 bridgehead atoms. The van der Waals surface area contributed by atoms with E-state index in [-0.39, 0.29) is 17.1 Å². The molecule has 25 heavy (non-hydrogen) atoms. The minimum atomic E-state index is -0.532. The number of aromatic nitrogens is 3. The summed E-state index contributed by atoms with van der Waals surface area (Å²) in [6.45, 7) is 4.23. The molecule has 0 N–H and O–H groups in total. The van der Waals surface area contributed by atoms with Crippen LogP contribution in [0.1, 0.15) is 25.2 Å². The Balaban J connectivity index is 2.12. The van der Waals surface area contributed by atoms with Gasteiger partial charge in [0.05, 0.1) is 4.53 Å². The predicted octanol–water partition coefficient (Wildman–Crippen LogP) is 0.858. The molecular formula is C16H13N3O5S. The normalized spacial score (nSPS) is 11.7. The van der Waals surface area contributed by atoms with Gasteiger partial charge in [-0.25, -0.2) is 4.98 Å². The first-order valence-corrected chi connectivity index (χ1v) is 8.04. The first kappa shape index (κ1) is 16.8. The number of rotatable bonds is 3. The van der Waals surface area contributed by atoms with E-state index in [1.54, 1.807) is 25.1 Å². The van der Waals surface area contributed by atoms with E-state index in [2.05, 4.69) is 10.1 Å². The third-order valence-electron chi connectivity index (χ3n) is 3.07. The molecule has 1 aromatic carbocycles. The molecule has 0 aliphatic carbocycles. The molecule has 0 aliphatic heterocycles. The average molecular weight is 359 g/mol. The van der Waals surface area contributed by atoms with E-state index in [4.69, 9.17) is 9.47 Å². The summed E-state index contributed by atoms with van der Waals surface area (Å²) >= 11 is 1.18. The van der Waals surface area contributed by atoms with Gasteiger partial charge < -0.3 is 9.47 Å². The molecule has 9 heteroatoms. The van der Waals surface area contributed by atoms with Crippen LogP contribution in [0.3, 0.4) is 0 Å². The molecule has 8 nitrogen and oxygen atoms in total. The number of aryl methyl sites for hydroxylation is 1. The Morgan fingerprint density at radius 3 is 2.56 bits per heavy atom. The van der Waals surface area contributed by atoms with E-state index >= 15 is 0 Å². The zero-order valence-electron chi connectivity index (χ0n) is 13.6. The van der Waals surface area contributed by atoms with Crippen molar-refractivity contribution in [2.45, 2.75) is 20.8 Å². The van der Waals surface area contributed by atoms with Gasteiger partial charge in [0.1, 0.15) is 17.3 Å². The second-order valence-corrected chi connectivity index (χ2v) is 6.17. The molecule has 0 saturated heterocycles. The van der Waals surface area contributed by atoms with Crippen molar-refractivity contribution >= 4 is 34.3 Å². The van der Waals surface area contributed by atoms with Gasteiger partial charge in [-0.05, 0) is 25.1 Å². The number of carbonyl (C=O) groups is 2. The Morgan fingerprint density at radius 1 is 1.20 bits per heavy atom. The zero-order valence-corrected chi connectivity index (χ0v) is 14.4. The second-order valence-electron chi connectivity index (χ2n) is 5.16. The molecule has 0 fully saturated rings. The van der Waals surface area contributed by atoms with E-state index in [0.29, 0.717) is 20.9 Å². The molecule has 0 saturated carbocycles. The van der Waals surface area contributed by atoms with Crippen molar-refractivity contribution in [3.8, 4) is 11.5 Å². The van der Waals surface area contributed by atoms with Gasteiger partial charge in [-0.3, -0.25) is 14.4 Å². The molecule has 0 spiro atoms. The highest BCUT2D eigenvalue weighted by atomic mass is 32.1. The maximum Gasteiger partial charge on any atom is 0.308 e. The summed E-state index contributed by atoms with van der Waals surface area (Å²) in [7, 11) is 0. The summed E-state index contributed by atoms with van der Waals surface area (Å²) < 4.78 is 11.8. The summed E-state index contributed by atoms with van der Waals surface area (Å²) in [6, 6.07) is 4.56. The van der Waals surface area contributed by atoms with Gasteiger partial charge in [-0.2, -0.15) is 4.52 Å². The third-order valence-corrected chi connectivity index (χ3v) is 4.03. The van der Waals surface area contributed by atoms with E-state index in [9.17, 15) is 14.4 Å². The van der Waals surface area contributed by atoms with Gasteiger partial charge in [0, 0.05) is 25.5 Å². The lowest BCUT2D eigenvalue weighted by Crippen LogP contribution is -2.23. The average Bonchev–Trinajstić information content (AvgIpc) is 2.99. The Labute approximate surface area is 145 Å². The van der Waals surface area contributed by atoms with E-state index in [0.717, 1.165) is 0 Å². The summed E-state index contributed by atoms with van der Waals surface area (Å²) in [5, 5.41) is 4.03. The van der Waals surface area contributed by atoms with E-state index < -0.39 is 11.9 Å². The van der Waals surface area contributed by atoms with Crippen LogP contribution >= 0.6 is 11.3 Å². The maximum atomic E-state index is 12.4. The number of ether oxygens (including phenoxy) is 2. The molecule has 3 rings (SSSR count). The number of nitrogens with zero attached hydrogens (tertiary/aromatic N) is 3. The molecule has 2 heterocycles. The number of hydrogen-bond donors (Lipinski definition) is 0. The number of thiazole rings is 1. The Hall–Kier alpha value is -3.07. The SMILES string of the molecule is CC(=O)Oc1ccc(/C=c2\sc3nc(C)nn3c2=O)c(OC(C)=O)c1. The molecular weight excluding hydrogens is 346 g/mol. The topological polar surface area (TPSA) is 99.9 Å². The van der Waals surface area contributed by atoms with E-state index in [1.807, 2.05) is 0 Å². The standard InChI is InChI=1S/C16H13N3O5S/c1-8-17-16-19(18-8)15(22)14(25-16)6-11-4-5-12(23-9(2)20)7-13(11)24-10(3)21/h4-7H,1-3H3/b14-6-. The van der Waals surface area contributed by atoms with Gasteiger partial charge in [-0.15, -0.1) is 5.10 Å². The van der Waals surface area contributed by atoms with Crippen LogP contribution in [0.5, 0.6) is 11.5 Å². The number of esters is 2. The number of benzene rings is 1. The molecule has 0 radical (unpaired) electrons. The van der Waals surface area contributed by atoms with Crippen molar-refractivity contribution in [2.75, 3.05) is 0 Å². The first-order chi connectivity index (χ1) is 11.8. The lowest BCUT2D eigenvalue weighted by atomic mass is 10.2.